The van der Waals surface area contributed by atoms with Gasteiger partial charge in [0.15, 0.2) is 0 Å². The van der Waals surface area contributed by atoms with Gasteiger partial charge in [-0.15, -0.1) is 0 Å². The summed E-state index contributed by atoms with van der Waals surface area (Å²) >= 11 is 0. The molecule has 0 aliphatic heterocycles. The standard InChI is InChI=1S/C14H25N3O2/c1-9(13(18)17-10-7-8-10)16-14(19)11-5-3-2-4-6-12(11)15/h9-12H,2-8,15H2,1H3,(H,16,19)(H,17,18). The molecule has 0 aromatic carbocycles. The van der Waals surface area contributed by atoms with Crippen molar-refractivity contribution in [3.63, 3.8) is 0 Å². The van der Waals surface area contributed by atoms with E-state index in [0.717, 1.165) is 44.9 Å². The van der Waals surface area contributed by atoms with Gasteiger partial charge in [-0.3, -0.25) is 9.59 Å². The first-order valence-electron chi connectivity index (χ1n) is 7.44. The summed E-state index contributed by atoms with van der Waals surface area (Å²) in [4.78, 5) is 24.0. The second-order valence-electron chi connectivity index (χ2n) is 5.92. The molecule has 2 aliphatic rings. The zero-order chi connectivity index (χ0) is 13.8. The molecule has 0 saturated heterocycles. The summed E-state index contributed by atoms with van der Waals surface area (Å²) in [6.07, 6.45) is 7.15. The molecule has 5 heteroatoms. The van der Waals surface area contributed by atoms with Crippen LogP contribution in [0.1, 0.15) is 51.9 Å². The van der Waals surface area contributed by atoms with Crippen molar-refractivity contribution in [3.05, 3.63) is 0 Å². The Morgan fingerprint density at radius 3 is 2.47 bits per heavy atom. The van der Waals surface area contributed by atoms with Crippen LogP contribution in [-0.4, -0.2) is 29.9 Å². The number of amides is 2. The summed E-state index contributed by atoms with van der Waals surface area (Å²) in [5.74, 6) is -0.287. The van der Waals surface area contributed by atoms with Crippen LogP contribution < -0.4 is 16.4 Å². The molecule has 2 aliphatic carbocycles. The Morgan fingerprint density at radius 1 is 1.11 bits per heavy atom. The summed E-state index contributed by atoms with van der Waals surface area (Å²) < 4.78 is 0. The van der Waals surface area contributed by atoms with Crippen molar-refractivity contribution in [3.8, 4) is 0 Å². The smallest absolute Gasteiger partial charge is 0.242 e. The normalized spacial score (nSPS) is 29.2. The van der Waals surface area contributed by atoms with E-state index in [1.165, 1.54) is 0 Å². The molecule has 3 unspecified atom stereocenters. The number of hydrogen-bond donors (Lipinski definition) is 3. The topological polar surface area (TPSA) is 84.2 Å². The lowest BCUT2D eigenvalue weighted by molar-refractivity contribution is -0.131. The highest BCUT2D eigenvalue weighted by atomic mass is 16.2. The van der Waals surface area contributed by atoms with Crippen LogP contribution in [-0.2, 0) is 9.59 Å². The first kappa shape index (κ1) is 14.3. The highest BCUT2D eigenvalue weighted by Gasteiger charge is 2.30. The average Bonchev–Trinajstić information content (AvgIpc) is 3.17. The van der Waals surface area contributed by atoms with Gasteiger partial charge in [0, 0.05) is 12.1 Å². The van der Waals surface area contributed by atoms with Gasteiger partial charge in [0.2, 0.25) is 11.8 Å². The lowest BCUT2D eigenvalue weighted by Crippen LogP contribution is -2.50. The van der Waals surface area contributed by atoms with E-state index in [1.54, 1.807) is 6.92 Å². The number of carbonyl (C=O) groups excluding carboxylic acids is 2. The zero-order valence-electron chi connectivity index (χ0n) is 11.7. The van der Waals surface area contributed by atoms with Crippen molar-refractivity contribution in [1.29, 1.82) is 0 Å². The molecule has 0 aromatic heterocycles. The van der Waals surface area contributed by atoms with Gasteiger partial charge >= 0.3 is 0 Å². The second kappa shape index (κ2) is 6.37. The number of nitrogens with two attached hydrogens (primary N) is 1. The molecule has 3 atom stereocenters. The van der Waals surface area contributed by atoms with E-state index in [0.29, 0.717) is 6.04 Å². The van der Waals surface area contributed by atoms with Crippen LogP contribution in [0.15, 0.2) is 0 Å². The SMILES string of the molecule is CC(NC(=O)C1CCCCCC1N)C(=O)NC1CC1. The van der Waals surface area contributed by atoms with Gasteiger partial charge in [-0.05, 0) is 32.6 Å². The van der Waals surface area contributed by atoms with Crippen molar-refractivity contribution in [2.75, 3.05) is 0 Å². The molecule has 0 bridgehead atoms. The van der Waals surface area contributed by atoms with Crippen molar-refractivity contribution < 1.29 is 9.59 Å². The maximum absolute atomic E-state index is 12.2. The first-order chi connectivity index (χ1) is 9.08. The van der Waals surface area contributed by atoms with Gasteiger partial charge in [0.05, 0.1) is 5.92 Å². The third-order valence-corrected chi connectivity index (χ3v) is 4.08. The fraction of sp³-hybridized carbons (Fsp3) is 0.857. The molecule has 2 amide bonds. The van der Waals surface area contributed by atoms with Gasteiger partial charge in [-0.2, -0.15) is 0 Å². The number of nitrogens with one attached hydrogen (secondary N) is 2. The molecule has 0 spiro atoms. The fourth-order valence-electron chi connectivity index (χ4n) is 2.60. The maximum Gasteiger partial charge on any atom is 0.242 e. The Balaban J connectivity index is 1.82. The van der Waals surface area contributed by atoms with E-state index in [9.17, 15) is 9.59 Å². The Kier molecular flexibility index (Phi) is 4.80. The predicted octanol–water partition coefficient (Wildman–Crippen LogP) is 0.677. The summed E-state index contributed by atoms with van der Waals surface area (Å²) in [7, 11) is 0. The minimum Gasteiger partial charge on any atom is -0.352 e. The largest absolute Gasteiger partial charge is 0.352 e. The molecule has 2 fully saturated rings. The van der Waals surface area contributed by atoms with Crippen molar-refractivity contribution >= 4 is 11.8 Å². The molecule has 4 N–H and O–H groups in total. The quantitative estimate of drug-likeness (QED) is 0.655. The van der Waals surface area contributed by atoms with Gasteiger partial charge in [0.1, 0.15) is 6.04 Å². The first-order valence-corrected chi connectivity index (χ1v) is 7.44. The molecule has 5 nitrogen and oxygen atoms in total. The molecule has 0 aromatic rings. The van der Waals surface area contributed by atoms with Crippen molar-refractivity contribution in [2.24, 2.45) is 11.7 Å². The Bertz CT molecular complexity index is 342. The van der Waals surface area contributed by atoms with Crippen LogP contribution in [0.4, 0.5) is 0 Å². The van der Waals surface area contributed by atoms with E-state index in [1.807, 2.05) is 0 Å². The number of carbonyl (C=O) groups is 2. The monoisotopic (exact) mass is 267 g/mol. The Labute approximate surface area is 114 Å². The third-order valence-electron chi connectivity index (χ3n) is 4.08. The lowest BCUT2D eigenvalue weighted by Gasteiger charge is -2.22. The molecular formula is C14H25N3O2. The minimum atomic E-state index is -0.469. The maximum atomic E-state index is 12.2. The molecule has 2 saturated carbocycles. The predicted molar refractivity (Wildman–Crippen MR) is 73.3 cm³/mol. The molecule has 0 heterocycles. The van der Waals surface area contributed by atoms with E-state index in [-0.39, 0.29) is 23.8 Å². The molecule has 108 valence electrons. The van der Waals surface area contributed by atoms with Gasteiger partial charge in [-0.1, -0.05) is 19.3 Å². The summed E-state index contributed by atoms with van der Waals surface area (Å²) in [6.45, 7) is 1.73. The van der Waals surface area contributed by atoms with Crippen LogP contribution in [0.5, 0.6) is 0 Å². The second-order valence-corrected chi connectivity index (χ2v) is 5.92. The number of rotatable bonds is 4. The van der Waals surface area contributed by atoms with Crippen LogP contribution in [0.25, 0.3) is 0 Å². The molecular weight excluding hydrogens is 242 g/mol. The van der Waals surface area contributed by atoms with E-state index < -0.39 is 6.04 Å². The lowest BCUT2D eigenvalue weighted by atomic mass is 9.94. The summed E-state index contributed by atoms with van der Waals surface area (Å²) in [5, 5.41) is 5.71. The van der Waals surface area contributed by atoms with E-state index in [4.69, 9.17) is 5.73 Å². The van der Waals surface area contributed by atoms with Crippen LogP contribution in [0.3, 0.4) is 0 Å². The molecule has 2 rings (SSSR count). The van der Waals surface area contributed by atoms with Crippen molar-refractivity contribution in [2.45, 2.75) is 70.0 Å². The van der Waals surface area contributed by atoms with Crippen molar-refractivity contribution in [1.82, 2.24) is 10.6 Å². The fourth-order valence-corrected chi connectivity index (χ4v) is 2.60. The van der Waals surface area contributed by atoms with Crippen LogP contribution in [0.2, 0.25) is 0 Å². The third kappa shape index (κ3) is 4.20. The summed E-state index contributed by atoms with van der Waals surface area (Å²) in [5.41, 5.74) is 6.06. The van der Waals surface area contributed by atoms with Crippen LogP contribution in [0, 0.1) is 5.92 Å². The Morgan fingerprint density at radius 2 is 1.79 bits per heavy atom. The van der Waals surface area contributed by atoms with Gasteiger partial charge < -0.3 is 16.4 Å². The van der Waals surface area contributed by atoms with E-state index in [2.05, 4.69) is 10.6 Å². The van der Waals surface area contributed by atoms with E-state index >= 15 is 0 Å². The van der Waals surface area contributed by atoms with Gasteiger partial charge in [-0.25, -0.2) is 0 Å². The summed E-state index contributed by atoms with van der Waals surface area (Å²) in [6, 6.07) is -0.211. The Hall–Kier alpha value is -1.10. The van der Waals surface area contributed by atoms with Gasteiger partial charge in [0.25, 0.3) is 0 Å². The number of hydrogen-bond acceptors (Lipinski definition) is 3. The average molecular weight is 267 g/mol. The minimum absolute atomic E-state index is 0.0622. The molecule has 0 radical (unpaired) electrons. The highest BCUT2D eigenvalue weighted by Crippen LogP contribution is 2.22. The van der Waals surface area contributed by atoms with Crippen LogP contribution >= 0.6 is 0 Å². The zero-order valence-corrected chi connectivity index (χ0v) is 11.7. The molecule has 19 heavy (non-hydrogen) atoms. The highest BCUT2D eigenvalue weighted by molar-refractivity contribution is 5.88.